The van der Waals surface area contributed by atoms with Gasteiger partial charge in [-0.15, -0.1) is 11.3 Å². The van der Waals surface area contributed by atoms with E-state index in [4.69, 9.17) is 4.74 Å². The first-order chi connectivity index (χ1) is 13.2. The summed E-state index contributed by atoms with van der Waals surface area (Å²) in [6, 6.07) is 18.4. The van der Waals surface area contributed by atoms with Gasteiger partial charge in [0.2, 0.25) is 5.91 Å². The van der Waals surface area contributed by atoms with Crippen LogP contribution in [0.1, 0.15) is 24.1 Å². The Morgan fingerprint density at radius 1 is 1.15 bits per heavy atom. The standard InChI is InChI=1S/C22H22N2O2S/c1-26-20-11-7-16(8-12-20)14-24(19-9-10-19)21(25)13-18-15-27-22(23-18)17-5-3-2-4-6-17/h2-8,11-12,15,19H,9-10,13-14H2,1H3. The van der Waals surface area contributed by atoms with Crippen molar-refractivity contribution < 1.29 is 9.53 Å². The van der Waals surface area contributed by atoms with Gasteiger partial charge < -0.3 is 9.64 Å². The first kappa shape index (κ1) is 17.7. The van der Waals surface area contributed by atoms with E-state index in [-0.39, 0.29) is 5.91 Å². The topological polar surface area (TPSA) is 42.4 Å². The molecule has 4 rings (SSSR count). The predicted molar refractivity (Wildman–Crippen MR) is 108 cm³/mol. The molecule has 1 fully saturated rings. The zero-order chi connectivity index (χ0) is 18.6. The van der Waals surface area contributed by atoms with E-state index in [0.29, 0.717) is 19.0 Å². The fraction of sp³-hybridized carbons (Fsp3) is 0.273. The van der Waals surface area contributed by atoms with Gasteiger partial charge in [-0.1, -0.05) is 42.5 Å². The molecule has 27 heavy (non-hydrogen) atoms. The third-order valence-electron chi connectivity index (χ3n) is 4.72. The Kier molecular flexibility index (Phi) is 5.21. The number of rotatable bonds is 7. The van der Waals surface area contributed by atoms with Crippen LogP contribution in [0.2, 0.25) is 0 Å². The zero-order valence-electron chi connectivity index (χ0n) is 15.3. The molecule has 1 heterocycles. The predicted octanol–water partition coefficient (Wildman–Crippen LogP) is 4.55. The lowest BCUT2D eigenvalue weighted by Gasteiger charge is -2.22. The molecule has 0 radical (unpaired) electrons. The molecule has 3 aromatic rings. The van der Waals surface area contributed by atoms with Gasteiger partial charge in [0.15, 0.2) is 0 Å². The van der Waals surface area contributed by atoms with Gasteiger partial charge in [-0.25, -0.2) is 4.98 Å². The Hall–Kier alpha value is -2.66. The number of methoxy groups -OCH3 is 1. The van der Waals surface area contributed by atoms with E-state index in [0.717, 1.165) is 40.4 Å². The number of amides is 1. The lowest BCUT2D eigenvalue weighted by atomic mass is 10.2. The van der Waals surface area contributed by atoms with Crippen molar-refractivity contribution in [2.75, 3.05) is 7.11 Å². The number of ether oxygens (including phenoxy) is 1. The smallest absolute Gasteiger partial charge is 0.229 e. The molecule has 0 saturated heterocycles. The summed E-state index contributed by atoms with van der Waals surface area (Å²) in [5.74, 6) is 0.984. The molecular formula is C22H22N2O2S. The van der Waals surface area contributed by atoms with E-state index in [9.17, 15) is 4.79 Å². The van der Waals surface area contributed by atoms with E-state index >= 15 is 0 Å². The summed E-state index contributed by atoms with van der Waals surface area (Å²) in [6.45, 7) is 0.642. The summed E-state index contributed by atoms with van der Waals surface area (Å²) >= 11 is 1.59. The maximum Gasteiger partial charge on any atom is 0.229 e. The molecule has 0 unspecified atom stereocenters. The van der Waals surface area contributed by atoms with Crippen molar-refractivity contribution >= 4 is 17.2 Å². The van der Waals surface area contributed by atoms with E-state index in [1.165, 1.54) is 0 Å². The Bertz CT molecular complexity index is 902. The van der Waals surface area contributed by atoms with Crippen LogP contribution < -0.4 is 4.74 Å². The molecule has 5 heteroatoms. The highest BCUT2D eigenvalue weighted by Gasteiger charge is 2.32. The van der Waals surface area contributed by atoms with Gasteiger partial charge in [-0.2, -0.15) is 0 Å². The van der Waals surface area contributed by atoms with E-state index in [2.05, 4.69) is 4.98 Å². The summed E-state index contributed by atoms with van der Waals surface area (Å²) in [7, 11) is 1.66. The maximum absolute atomic E-state index is 12.9. The number of hydrogen-bond donors (Lipinski definition) is 0. The summed E-state index contributed by atoms with van der Waals surface area (Å²) in [5, 5.41) is 2.96. The van der Waals surface area contributed by atoms with Gasteiger partial charge in [0, 0.05) is 23.5 Å². The second-order valence-electron chi connectivity index (χ2n) is 6.79. The molecule has 4 nitrogen and oxygen atoms in total. The summed E-state index contributed by atoms with van der Waals surface area (Å²) in [6.07, 6.45) is 2.54. The van der Waals surface area contributed by atoms with Crippen LogP contribution in [-0.4, -0.2) is 28.9 Å². The minimum atomic E-state index is 0.151. The van der Waals surface area contributed by atoms with Crippen molar-refractivity contribution in [2.24, 2.45) is 0 Å². The van der Waals surface area contributed by atoms with Crippen molar-refractivity contribution in [1.82, 2.24) is 9.88 Å². The molecule has 1 aliphatic rings. The van der Waals surface area contributed by atoms with Gasteiger partial charge in [0.1, 0.15) is 10.8 Å². The highest BCUT2D eigenvalue weighted by atomic mass is 32.1. The molecular weight excluding hydrogens is 356 g/mol. The Morgan fingerprint density at radius 2 is 1.89 bits per heavy atom. The van der Waals surface area contributed by atoms with Gasteiger partial charge >= 0.3 is 0 Å². The van der Waals surface area contributed by atoms with Crippen molar-refractivity contribution in [3.63, 3.8) is 0 Å². The lowest BCUT2D eigenvalue weighted by molar-refractivity contribution is -0.131. The normalized spacial score (nSPS) is 13.4. The van der Waals surface area contributed by atoms with Crippen molar-refractivity contribution in [3.05, 3.63) is 71.2 Å². The van der Waals surface area contributed by atoms with Gasteiger partial charge in [0.25, 0.3) is 0 Å². The SMILES string of the molecule is COc1ccc(CN(C(=O)Cc2csc(-c3ccccc3)n2)C2CC2)cc1. The van der Waals surface area contributed by atoms with Crippen LogP contribution in [0.5, 0.6) is 5.75 Å². The lowest BCUT2D eigenvalue weighted by Crippen LogP contribution is -2.33. The van der Waals surface area contributed by atoms with E-state index in [1.807, 2.05) is 64.9 Å². The average Bonchev–Trinajstić information content (AvgIpc) is 3.45. The Balaban J connectivity index is 1.44. The number of carbonyl (C=O) groups is 1. The molecule has 0 aliphatic heterocycles. The molecule has 138 valence electrons. The average molecular weight is 378 g/mol. The minimum Gasteiger partial charge on any atom is -0.497 e. The van der Waals surface area contributed by atoms with Crippen LogP contribution in [0, 0.1) is 0 Å². The summed E-state index contributed by atoms with van der Waals surface area (Å²) in [5.41, 5.74) is 3.07. The Labute approximate surface area is 163 Å². The third-order valence-corrected chi connectivity index (χ3v) is 5.66. The molecule has 0 bridgehead atoms. The number of nitrogens with zero attached hydrogens (tertiary/aromatic N) is 2. The van der Waals surface area contributed by atoms with Crippen LogP contribution in [0.25, 0.3) is 10.6 Å². The van der Waals surface area contributed by atoms with E-state index < -0.39 is 0 Å². The maximum atomic E-state index is 12.9. The molecule has 1 aromatic heterocycles. The largest absolute Gasteiger partial charge is 0.497 e. The van der Waals surface area contributed by atoms with Gasteiger partial charge in [-0.3, -0.25) is 4.79 Å². The number of benzene rings is 2. The third kappa shape index (κ3) is 4.37. The first-order valence-corrected chi connectivity index (χ1v) is 10.0. The molecule has 1 aliphatic carbocycles. The summed E-state index contributed by atoms with van der Waals surface area (Å²) in [4.78, 5) is 19.6. The van der Waals surface area contributed by atoms with Crippen LogP contribution in [0.4, 0.5) is 0 Å². The highest BCUT2D eigenvalue weighted by molar-refractivity contribution is 7.13. The zero-order valence-corrected chi connectivity index (χ0v) is 16.1. The second-order valence-corrected chi connectivity index (χ2v) is 7.65. The fourth-order valence-corrected chi connectivity index (χ4v) is 3.92. The number of aromatic nitrogens is 1. The van der Waals surface area contributed by atoms with Crippen LogP contribution in [-0.2, 0) is 17.8 Å². The van der Waals surface area contributed by atoms with Crippen LogP contribution >= 0.6 is 11.3 Å². The molecule has 0 spiro atoms. The quantitative estimate of drug-likeness (QED) is 0.606. The molecule has 0 N–H and O–H groups in total. The van der Waals surface area contributed by atoms with Gasteiger partial charge in [-0.05, 0) is 30.5 Å². The minimum absolute atomic E-state index is 0.151. The number of carbonyl (C=O) groups excluding carboxylic acids is 1. The number of thiazole rings is 1. The van der Waals surface area contributed by atoms with E-state index in [1.54, 1.807) is 18.4 Å². The first-order valence-electron chi connectivity index (χ1n) is 9.15. The van der Waals surface area contributed by atoms with Crippen molar-refractivity contribution in [3.8, 4) is 16.3 Å². The van der Waals surface area contributed by atoms with Crippen LogP contribution in [0.3, 0.4) is 0 Å². The molecule has 1 amide bonds. The highest BCUT2D eigenvalue weighted by Crippen LogP contribution is 2.30. The molecule has 0 atom stereocenters. The monoisotopic (exact) mass is 378 g/mol. The van der Waals surface area contributed by atoms with Crippen molar-refractivity contribution in [2.45, 2.75) is 31.8 Å². The number of hydrogen-bond acceptors (Lipinski definition) is 4. The van der Waals surface area contributed by atoms with Crippen LogP contribution in [0.15, 0.2) is 60.0 Å². The fourth-order valence-electron chi connectivity index (χ4n) is 3.09. The van der Waals surface area contributed by atoms with Crippen molar-refractivity contribution in [1.29, 1.82) is 0 Å². The molecule has 2 aromatic carbocycles. The Morgan fingerprint density at radius 3 is 2.56 bits per heavy atom. The second kappa shape index (κ2) is 7.92. The summed E-state index contributed by atoms with van der Waals surface area (Å²) < 4.78 is 5.21. The van der Waals surface area contributed by atoms with Gasteiger partial charge in [0.05, 0.1) is 19.2 Å². The molecule has 1 saturated carbocycles.